The Morgan fingerprint density at radius 2 is 2.05 bits per heavy atom. The molecule has 1 aliphatic rings. The van der Waals surface area contributed by atoms with Crippen molar-refractivity contribution in [2.45, 2.75) is 58.3 Å². The second-order valence-corrected chi connectivity index (χ2v) is 6.81. The number of hydrogen-bond donors (Lipinski definition) is 1. The maximum Gasteiger partial charge on any atom is -0.00179 e. The Labute approximate surface area is 122 Å². The van der Waals surface area contributed by atoms with Gasteiger partial charge in [0.2, 0.25) is 0 Å². The summed E-state index contributed by atoms with van der Waals surface area (Å²) in [6, 6.07) is 2.30. The van der Waals surface area contributed by atoms with Crippen LogP contribution in [-0.2, 0) is 6.42 Å². The number of nitrogens with one attached hydrogen (secondary N) is 1. The van der Waals surface area contributed by atoms with Crippen LogP contribution in [0.3, 0.4) is 0 Å². The molecule has 1 nitrogen and oxygen atoms in total. The monoisotopic (exact) mass is 279 g/mol. The first-order chi connectivity index (χ1) is 9.40. The van der Waals surface area contributed by atoms with E-state index >= 15 is 0 Å². The highest BCUT2D eigenvalue weighted by Gasteiger charge is 2.23. The Kier molecular flexibility index (Phi) is 6.94. The lowest BCUT2D eigenvalue weighted by atomic mass is 9.83. The van der Waals surface area contributed by atoms with Crippen LogP contribution < -0.4 is 5.32 Å². The highest BCUT2D eigenvalue weighted by atomic mass is 32.1. The van der Waals surface area contributed by atoms with Crippen molar-refractivity contribution in [2.24, 2.45) is 11.8 Å². The van der Waals surface area contributed by atoms with Crippen molar-refractivity contribution in [1.29, 1.82) is 0 Å². The topological polar surface area (TPSA) is 12.0 Å². The summed E-state index contributed by atoms with van der Waals surface area (Å²) < 4.78 is 0. The van der Waals surface area contributed by atoms with Crippen molar-refractivity contribution in [3.63, 3.8) is 0 Å². The molecule has 108 valence electrons. The number of rotatable bonds is 7. The Bertz CT molecular complexity index is 320. The summed E-state index contributed by atoms with van der Waals surface area (Å²) in [5.41, 5.74) is 1.55. The second kappa shape index (κ2) is 8.76. The SMILES string of the molecule is CCCNCC1CCCCCC1CCc1ccsc1. The zero-order valence-corrected chi connectivity index (χ0v) is 13.2. The molecular weight excluding hydrogens is 250 g/mol. The molecule has 0 saturated heterocycles. The Balaban J connectivity index is 1.81. The van der Waals surface area contributed by atoms with Crippen LogP contribution in [0.5, 0.6) is 0 Å². The quantitative estimate of drug-likeness (QED) is 0.554. The molecule has 1 aliphatic carbocycles. The molecule has 0 aromatic carbocycles. The minimum absolute atomic E-state index is 0.924. The first-order valence-corrected chi connectivity index (χ1v) is 9.06. The molecule has 2 atom stereocenters. The van der Waals surface area contributed by atoms with Gasteiger partial charge in [0.1, 0.15) is 0 Å². The minimum atomic E-state index is 0.924. The molecule has 2 heteroatoms. The van der Waals surface area contributed by atoms with Crippen LogP contribution in [0, 0.1) is 11.8 Å². The smallest absolute Gasteiger partial charge is 0.00179 e. The average molecular weight is 279 g/mol. The van der Waals surface area contributed by atoms with Gasteiger partial charge in [0.15, 0.2) is 0 Å². The molecule has 1 aromatic rings. The molecule has 2 unspecified atom stereocenters. The van der Waals surface area contributed by atoms with Crippen LogP contribution in [0.1, 0.15) is 57.4 Å². The molecular formula is C17H29NS. The van der Waals surface area contributed by atoms with Gasteiger partial charge in [0.25, 0.3) is 0 Å². The highest BCUT2D eigenvalue weighted by molar-refractivity contribution is 7.07. The summed E-state index contributed by atoms with van der Waals surface area (Å²) in [6.45, 7) is 4.70. The van der Waals surface area contributed by atoms with Crippen LogP contribution in [0.25, 0.3) is 0 Å². The predicted octanol–water partition coefficient (Wildman–Crippen LogP) is 4.88. The van der Waals surface area contributed by atoms with Crippen molar-refractivity contribution in [2.75, 3.05) is 13.1 Å². The third kappa shape index (κ3) is 5.27. The summed E-state index contributed by atoms with van der Waals surface area (Å²) >= 11 is 1.84. The molecule has 19 heavy (non-hydrogen) atoms. The fourth-order valence-electron chi connectivity index (χ4n) is 3.36. The molecule has 1 heterocycles. The highest BCUT2D eigenvalue weighted by Crippen LogP contribution is 2.32. The van der Waals surface area contributed by atoms with Crippen molar-refractivity contribution >= 4 is 11.3 Å². The summed E-state index contributed by atoms with van der Waals surface area (Å²) in [6.07, 6.45) is 11.2. The van der Waals surface area contributed by atoms with Gasteiger partial charge < -0.3 is 5.32 Å². The summed E-state index contributed by atoms with van der Waals surface area (Å²) in [5.74, 6) is 1.87. The summed E-state index contributed by atoms with van der Waals surface area (Å²) in [5, 5.41) is 8.19. The Morgan fingerprint density at radius 3 is 2.79 bits per heavy atom. The van der Waals surface area contributed by atoms with Crippen LogP contribution in [0.15, 0.2) is 16.8 Å². The van der Waals surface area contributed by atoms with E-state index in [0.29, 0.717) is 0 Å². The van der Waals surface area contributed by atoms with Gasteiger partial charge in [0, 0.05) is 0 Å². The van der Waals surface area contributed by atoms with Crippen molar-refractivity contribution < 1.29 is 0 Å². The summed E-state index contributed by atoms with van der Waals surface area (Å²) in [7, 11) is 0. The maximum absolute atomic E-state index is 3.66. The van der Waals surface area contributed by atoms with Crippen molar-refractivity contribution in [3.05, 3.63) is 22.4 Å². The molecule has 0 spiro atoms. The maximum atomic E-state index is 3.66. The lowest BCUT2D eigenvalue weighted by molar-refractivity contribution is 0.284. The largest absolute Gasteiger partial charge is 0.316 e. The van der Waals surface area contributed by atoms with Crippen LogP contribution in [0.4, 0.5) is 0 Å². The van der Waals surface area contributed by atoms with E-state index in [0.717, 1.165) is 11.8 Å². The van der Waals surface area contributed by atoms with E-state index < -0.39 is 0 Å². The lowest BCUT2D eigenvalue weighted by Crippen LogP contribution is -2.28. The van der Waals surface area contributed by atoms with Gasteiger partial charge in [-0.25, -0.2) is 0 Å². The van der Waals surface area contributed by atoms with E-state index in [1.54, 1.807) is 5.56 Å². The molecule has 0 radical (unpaired) electrons. The Hall–Kier alpha value is -0.340. The molecule has 2 rings (SSSR count). The van der Waals surface area contributed by atoms with Crippen molar-refractivity contribution in [3.8, 4) is 0 Å². The molecule has 1 fully saturated rings. The van der Waals surface area contributed by atoms with Crippen molar-refractivity contribution in [1.82, 2.24) is 5.32 Å². The van der Waals surface area contributed by atoms with E-state index in [1.807, 2.05) is 11.3 Å². The van der Waals surface area contributed by atoms with E-state index in [4.69, 9.17) is 0 Å². The van der Waals surface area contributed by atoms with Gasteiger partial charge in [-0.3, -0.25) is 0 Å². The normalized spacial score (nSPS) is 24.3. The first kappa shape index (κ1) is 15.1. The van der Waals surface area contributed by atoms with Gasteiger partial charge in [0.05, 0.1) is 0 Å². The van der Waals surface area contributed by atoms with Gasteiger partial charge in [-0.1, -0.05) is 32.6 Å². The summed E-state index contributed by atoms with van der Waals surface area (Å²) in [4.78, 5) is 0. The standard InChI is InChI=1S/C17H29NS/c1-2-11-18-13-17-7-5-3-4-6-16(17)9-8-15-10-12-19-14-15/h10,12,14,16-18H,2-9,11,13H2,1H3. The van der Waals surface area contributed by atoms with Gasteiger partial charge in [-0.15, -0.1) is 0 Å². The van der Waals surface area contributed by atoms with E-state index in [-0.39, 0.29) is 0 Å². The fraction of sp³-hybridized carbons (Fsp3) is 0.765. The Morgan fingerprint density at radius 1 is 1.21 bits per heavy atom. The molecule has 1 saturated carbocycles. The van der Waals surface area contributed by atoms with Crippen LogP contribution in [0.2, 0.25) is 0 Å². The minimum Gasteiger partial charge on any atom is -0.316 e. The zero-order valence-electron chi connectivity index (χ0n) is 12.4. The van der Waals surface area contributed by atoms with Gasteiger partial charge in [-0.2, -0.15) is 11.3 Å². The first-order valence-electron chi connectivity index (χ1n) is 8.12. The van der Waals surface area contributed by atoms with Crippen LogP contribution >= 0.6 is 11.3 Å². The van der Waals surface area contributed by atoms with Gasteiger partial charge in [-0.05, 0) is 73.0 Å². The van der Waals surface area contributed by atoms with Gasteiger partial charge >= 0.3 is 0 Å². The average Bonchev–Trinajstić information content (AvgIpc) is 2.84. The lowest BCUT2D eigenvalue weighted by Gasteiger charge is -2.25. The number of aryl methyl sites for hydroxylation is 1. The molecule has 1 aromatic heterocycles. The fourth-order valence-corrected chi connectivity index (χ4v) is 4.06. The molecule has 0 amide bonds. The molecule has 1 N–H and O–H groups in total. The number of thiophene rings is 1. The third-order valence-corrected chi connectivity index (χ3v) is 5.27. The van der Waals surface area contributed by atoms with E-state index in [1.165, 1.54) is 64.5 Å². The second-order valence-electron chi connectivity index (χ2n) is 6.03. The molecule has 0 bridgehead atoms. The number of hydrogen-bond acceptors (Lipinski definition) is 2. The predicted molar refractivity (Wildman–Crippen MR) is 85.9 cm³/mol. The molecule has 0 aliphatic heterocycles. The van der Waals surface area contributed by atoms with E-state index in [9.17, 15) is 0 Å². The third-order valence-electron chi connectivity index (χ3n) is 4.53. The van der Waals surface area contributed by atoms with Crippen LogP contribution in [-0.4, -0.2) is 13.1 Å². The van der Waals surface area contributed by atoms with E-state index in [2.05, 4.69) is 29.1 Å². The zero-order chi connectivity index (χ0) is 13.3.